The van der Waals surface area contributed by atoms with E-state index in [1.807, 2.05) is 30.3 Å². The Labute approximate surface area is 106 Å². The molecule has 0 aromatic heterocycles. The van der Waals surface area contributed by atoms with Gasteiger partial charge < -0.3 is 4.74 Å². The Morgan fingerprint density at radius 3 is 2.35 bits per heavy atom. The van der Waals surface area contributed by atoms with E-state index < -0.39 is 0 Å². The van der Waals surface area contributed by atoms with Crippen LogP contribution in [0.4, 0.5) is 0 Å². The first kappa shape index (κ1) is 11.6. The fourth-order valence-corrected chi connectivity index (χ4v) is 1.67. The molecule has 0 bridgehead atoms. The topological polar surface area (TPSA) is 26.3 Å². The zero-order valence-electron chi connectivity index (χ0n) is 9.13. The summed E-state index contributed by atoms with van der Waals surface area (Å²) in [4.78, 5) is 12.3. The van der Waals surface area contributed by atoms with Gasteiger partial charge in [0.1, 0.15) is 6.61 Å². The molecule has 3 heteroatoms. The zero-order valence-corrected chi connectivity index (χ0v) is 9.94. The molecule has 85 valence electrons. The van der Waals surface area contributed by atoms with Crippen molar-refractivity contribution in [3.63, 3.8) is 0 Å². The van der Waals surface area contributed by atoms with Crippen molar-refractivity contribution in [3.8, 4) is 0 Å². The van der Waals surface area contributed by atoms with Crippen LogP contribution in [0.15, 0.2) is 59.5 Å². The second-order valence-electron chi connectivity index (χ2n) is 3.56. The van der Waals surface area contributed by atoms with Gasteiger partial charge in [-0.25, -0.2) is 4.79 Å². The molecular weight excluding hydrogens is 232 g/mol. The lowest BCUT2D eigenvalue weighted by Crippen LogP contribution is -2.05. The number of benzene rings is 2. The van der Waals surface area contributed by atoms with Gasteiger partial charge in [0, 0.05) is 0 Å². The minimum absolute atomic E-state index is 0.267. The van der Waals surface area contributed by atoms with E-state index in [9.17, 15) is 4.79 Å². The maximum absolute atomic E-state index is 11.7. The van der Waals surface area contributed by atoms with E-state index in [0.29, 0.717) is 10.5 Å². The van der Waals surface area contributed by atoms with Gasteiger partial charge >= 0.3 is 5.97 Å². The first-order valence-corrected chi connectivity index (χ1v) is 5.65. The Morgan fingerprint density at radius 2 is 1.65 bits per heavy atom. The van der Waals surface area contributed by atoms with E-state index >= 15 is 0 Å². The van der Waals surface area contributed by atoms with Crippen LogP contribution in [0.1, 0.15) is 15.9 Å². The third-order valence-corrected chi connectivity index (χ3v) is 2.68. The summed E-state index contributed by atoms with van der Waals surface area (Å²) in [6, 6.07) is 16.5. The van der Waals surface area contributed by atoms with Crippen molar-refractivity contribution in [3.05, 3.63) is 65.7 Å². The van der Waals surface area contributed by atoms with E-state index in [0.717, 1.165) is 5.56 Å². The summed E-state index contributed by atoms with van der Waals surface area (Å²) in [5, 5.41) is 0. The highest BCUT2D eigenvalue weighted by Crippen LogP contribution is 2.14. The lowest BCUT2D eigenvalue weighted by Gasteiger charge is -2.05. The van der Waals surface area contributed by atoms with Crippen molar-refractivity contribution in [2.24, 2.45) is 0 Å². The predicted octanol–water partition coefficient (Wildman–Crippen LogP) is 3.60. The monoisotopic (exact) mass is 243 g/mol. The van der Waals surface area contributed by atoms with Crippen molar-refractivity contribution < 1.29 is 9.53 Å². The van der Waals surface area contributed by atoms with Gasteiger partial charge in [0.2, 0.25) is 0 Å². The molecule has 0 aliphatic carbocycles. The van der Waals surface area contributed by atoms with E-state index in [1.54, 1.807) is 24.3 Å². The molecule has 0 atom stereocenters. The van der Waals surface area contributed by atoms with Gasteiger partial charge in [-0.2, -0.15) is 0 Å². The number of hydrogen-bond donors (Lipinski definition) is 0. The van der Waals surface area contributed by atoms with Gasteiger partial charge in [0.05, 0.1) is 10.5 Å². The summed E-state index contributed by atoms with van der Waals surface area (Å²) in [5.41, 5.74) is 1.40. The SMILES string of the molecule is O=C(OCc1ccccc1)c1ccccc1[S]. The number of esters is 1. The average molecular weight is 243 g/mol. The third kappa shape index (κ3) is 3.04. The molecule has 0 saturated heterocycles. The maximum Gasteiger partial charge on any atom is 0.339 e. The molecule has 2 rings (SSSR count). The smallest absolute Gasteiger partial charge is 0.339 e. The fraction of sp³-hybridized carbons (Fsp3) is 0.0714. The van der Waals surface area contributed by atoms with Gasteiger partial charge in [-0.15, -0.1) is 0 Å². The van der Waals surface area contributed by atoms with Gasteiger partial charge in [-0.05, 0) is 17.7 Å². The van der Waals surface area contributed by atoms with E-state index in [-0.39, 0.29) is 12.6 Å². The van der Waals surface area contributed by atoms with Crippen molar-refractivity contribution in [2.45, 2.75) is 11.5 Å². The van der Waals surface area contributed by atoms with Crippen LogP contribution in [-0.2, 0) is 11.3 Å². The Bertz CT molecular complexity index is 509. The quantitative estimate of drug-likeness (QED) is 0.770. The number of hydrogen-bond acceptors (Lipinski definition) is 2. The number of ether oxygens (including phenoxy) is 1. The van der Waals surface area contributed by atoms with Gasteiger partial charge in [0.25, 0.3) is 0 Å². The van der Waals surface area contributed by atoms with Crippen molar-refractivity contribution >= 4 is 18.6 Å². The minimum atomic E-state index is -0.376. The number of carbonyl (C=O) groups excluding carboxylic acids is 1. The zero-order chi connectivity index (χ0) is 12.1. The largest absolute Gasteiger partial charge is 0.457 e. The number of rotatable bonds is 3. The molecule has 0 N–H and O–H groups in total. The molecule has 0 aliphatic rings. The standard InChI is InChI=1S/C14H11O2S/c15-14(12-8-4-5-9-13(12)17)16-10-11-6-2-1-3-7-11/h1-9H,10H2. The molecule has 0 unspecified atom stereocenters. The van der Waals surface area contributed by atoms with Crippen LogP contribution in [0.25, 0.3) is 0 Å². The molecule has 2 aromatic carbocycles. The van der Waals surface area contributed by atoms with Crippen molar-refractivity contribution in [2.75, 3.05) is 0 Å². The lowest BCUT2D eigenvalue weighted by molar-refractivity contribution is 0.0468. The second kappa shape index (κ2) is 5.46. The van der Waals surface area contributed by atoms with Crippen LogP contribution >= 0.6 is 12.6 Å². The molecule has 0 fully saturated rings. The van der Waals surface area contributed by atoms with Gasteiger partial charge in [-0.3, -0.25) is 0 Å². The summed E-state index contributed by atoms with van der Waals surface area (Å²) in [6.45, 7) is 0.267. The van der Waals surface area contributed by atoms with E-state index in [2.05, 4.69) is 0 Å². The van der Waals surface area contributed by atoms with Crippen molar-refractivity contribution in [1.82, 2.24) is 0 Å². The summed E-state index contributed by atoms with van der Waals surface area (Å²) in [5.74, 6) is -0.376. The van der Waals surface area contributed by atoms with Crippen LogP contribution in [0, 0.1) is 0 Å². The first-order valence-electron chi connectivity index (χ1n) is 5.24. The van der Waals surface area contributed by atoms with Crippen LogP contribution in [0.3, 0.4) is 0 Å². The predicted molar refractivity (Wildman–Crippen MR) is 67.9 cm³/mol. The van der Waals surface area contributed by atoms with Crippen LogP contribution < -0.4 is 0 Å². The highest BCUT2D eigenvalue weighted by atomic mass is 32.1. The summed E-state index contributed by atoms with van der Waals surface area (Å²) in [7, 11) is 0. The van der Waals surface area contributed by atoms with Gasteiger partial charge in [-0.1, -0.05) is 55.1 Å². The molecule has 0 aliphatic heterocycles. The Morgan fingerprint density at radius 1 is 1.00 bits per heavy atom. The second-order valence-corrected chi connectivity index (χ2v) is 4.00. The van der Waals surface area contributed by atoms with E-state index in [1.165, 1.54) is 0 Å². The number of carbonyl (C=O) groups is 1. The maximum atomic E-state index is 11.7. The molecule has 0 amide bonds. The molecule has 0 spiro atoms. The Kier molecular flexibility index (Phi) is 3.73. The van der Waals surface area contributed by atoms with Crippen LogP contribution in [0.5, 0.6) is 0 Å². The van der Waals surface area contributed by atoms with Gasteiger partial charge in [0.15, 0.2) is 0 Å². The highest BCUT2D eigenvalue weighted by molar-refractivity contribution is 7.80. The molecule has 0 saturated carbocycles. The average Bonchev–Trinajstić information content (AvgIpc) is 2.38. The summed E-state index contributed by atoms with van der Waals surface area (Å²) >= 11 is 5.06. The molecule has 2 nitrogen and oxygen atoms in total. The molecule has 0 heterocycles. The third-order valence-electron chi connectivity index (χ3n) is 2.32. The molecular formula is C14H11O2S. The van der Waals surface area contributed by atoms with E-state index in [4.69, 9.17) is 17.4 Å². The molecule has 1 radical (unpaired) electrons. The molecule has 2 aromatic rings. The highest BCUT2D eigenvalue weighted by Gasteiger charge is 2.10. The van der Waals surface area contributed by atoms with Crippen LogP contribution in [-0.4, -0.2) is 5.97 Å². The summed E-state index contributed by atoms with van der Waals surface area (Å²) < 4.78 is 5.19. The lowest BCUT2D eigenvalue weighted by atomic mass is 10.2. The Hall–Kier alpha value is -1.87. The summed E-state index contributed by atoms with van der Waals surface area (Å²) in [6.07, 6.45) is 0. The normalized spacial score (nSPS) is 9.88. The minimum Gasteiger partial charge on any atom is -0.457 e. The fourth-order valence-electron chi connectivity index (χ4n) is 1.44. The van der Waals surface area contributed by atoms with Crippen LogP contribution in [0.2, 0.25) is 0 Å². The molecule has 17 heavy (non-hydrogen) atoms. The first-order chi connectivity index (χ1) is 8.27. The van der Waals surface area contributed by atoms with Crippen molar-refractivity contribution in [1.29, 1.82) is 0 Å². The Balaban J connectivity index is 2.01.